The van der Waals surface area contributed by atoms with Crippen LogP contribution in [-0.4, -0.2) is 24.1 Å². The molecule has 0 unspecified atom stereocenters. The first-order valence-corrected chi connectivity index (χ1v) is 7.78. The van der Waals surface area contributed by atoms with Crippen LogP contribution in [0, 0.1) is 18.3 Å². The SMILES string of the molecule is Cc1nc(/C=C(\C#N)C(=O)Nc2ccc3c(c2)OCCO3)cs1. The predicted octanol–water partition coefficient (Wildman–Crippen LogP) is 2.77. The van der Waals surface area contributed by atoms with E-state index in [-0.39, 0.29) is 5.57 Å². The summed E-state index contributed by atoms with van der Waals surface area (Å²) in [4.78, 5) is 16.4. The highest BCUT2D eigenvalue weighted by atomic mass is 32.1. The van der Waals surface area contributed by atoms with Crippen LogP contribution in [0.25, 0.3) is 6.08 Å². The van der Waals surface area contributed by atoms with Crippen molar-refractivity contribution < 1.29 is 14.3 Å². The Morgan fingerprint density at radius 1 is 1.39 bits per heavy atom. The minimum absolute atomic E-state index is 0.00908. The number of aromatic nitrogens is 1. The average Bonchev–Trinajstić information content (AvgIpc) is 2.97. The summed E-state index contributed by atoms with van der Waals surface area (Å²) in [6.45, 7) is 2.84. The standard InChI is InChI=1S/C16H13N3O3S/c1-10-18-13(9-23-10)6-11(8-17)16(20)19-12-2-3-14-15(7-12)22-5-4-21-14/h2-3,6-7,9H,4-5H2,1H3,(H,19,20)/b11-6+. The minimum atomic E-state index is -0.491. The smallest absolute Gasteiger partial charge is 0.266 e. The molecule has 2 aromatic rings. The summed E-state index contributed by atoms with van der Waals surface area (Å²) >= 11 is 1.46. The second-order valence-electron chi connectivity index (χ2n) is 4.77. The van der Waals surface area contributed by atoms with Crippen molar-refractivity contribution in [2.75, 3.05) is 18.5 Å². The van der Waals surface area contributed by atoms with Crippen LogP contribution in [0.4, 0.5) is 5.69 Å². The van der Waals surface area contributed by atoms with Crippen LogP contribution >= 0.6 is 11.3 Å². The number of nitrogens with one attached hydrogen (secondary N) is 1. The van der Waals surface area contributed by atoms with Gasteiger partial charge in [-0.15, -0.1) is 11.3 Å². The van der Waals surface area contributed by atoms with Crippen LogP contribution in [0.3, 0.4) is 0 Å². The van der Waals surface area contributed by atoms with E-state index in [1.165, 1.54) is 17.4 Å². The molecule has 1 amide bonds. The molecule has 1 aliphatic rings. The molecule has 1 aliphatic heterocycles. The highest BCUT2D eigenvalue weighted by Crippen LogP contribution is 2.32. The molecule has 0 fully saturated rings. The van der Waals surface area contributed by atoms with E-state index in [2.05, 4.69) is 10.3 Å². The number of carbonyl (C=O) groups is 1. The third-order valence-corrected chi connectivity index (χ3v) is 3.89. The van der Waals surface area contributed by atoms with Crippen molar-refractivity contribution in [3.05, 3.63) is 39.9 Å². The minimum Gasteiger partial charge on any atom is -0.486 e. The lowest BCUT2D eigenvalue weighted by molar-refractivity contribution is -0.112. The zero-order chi connectivity index (χ0) is 16.2. The van der Waals surface area contributed by atoms with E-state index in [1.807, 2.05) is 13.0 Å². The Morgan fingerprint density at radius 2 is 2.17 bits per heavy atom. The Kier molecular flexibility index (Phi) is 4.26. The molecule has 0 aliphatic carbocycles. The van der Waals surface area contributed by atoms with E-state index >= 15 is 0 Å². The van der Waals surface area contributed by atoms with Gasteiger partial charge in [0.1, 0.15) is 24.9 Å². The fraction of sp³-hybridized carbons (Fsp3) is 0.188. The molecule has 0 saturated heterocycles. The Bertz CT molecular complexity index is 820. The monoisotopic (exact) mass is 327 g/mol. The van der Waals surface area contributed by atoms with E-state index in [1.54, 1.807) is 23.6 Å². The van der Waals surface area contributed by atoms with Gasteiger partial charge in [0.25, 0.3) is 5.91 Å². The van der Waals surface area contributed by atoms with Crippen LogP contribution in [0.2, 0.25) is 0 Å². The van der Waals surface area contributed by atoms with Crippen molar-refractivity contribution in [3.8, 4) is 17.6 Å². The maximum Gasteiger partial charge on any atom is 0.266 e. The van der Waals surface area contributed by atoms with Gasteiger partial charge in [0.2, 0.25) is 0 Å². The van der Waals surface area contributed by atoms with Gasteiger partial charge in [-0.05, 0) is 25.1 Å². The molecule has 2 heterocycles. The maximum absolute atomic E-state index is 12.2. The van der Waals surface area contributed by atoms with Gasteiger partial charge in [0.05, 0.1) is 10.7 Å². The lowest BCUT2D eigenvalue weighted by atomic mass is 10.2. The van der Waals surface area contributed by atoms with Gasteiger partial charge in [-0.2, -0.15) is 5.26 Å². The number of ether oxygens (including phenoxy) is 2. The third-order valence-electron chi connectivity index (χ3n) is 3.09. The fourth-order valence-electron chi connectivity index (χ4n) is 2.06. The lowest BCUT2D eigenvalue weighted by Gasteiger charge is -2.18. The van der Waals surface area contributed by atoms with Gasteiger partial charge in [-0.25, -0.2) is 4.98 Å². The van der Waals surface area contributed by atoms with Crippen molar-refractivity contribution in [2.45, 2.75) is 6.92 Å². The van der Waals surface area contributed by atoms with Gasteiger partial charge < -0.3 is 14.8 Å². The first-order chi connectivity index (χ1) is 11.2. The number of carbonyl (C=O) groups excluding carboxylic acids is 1. The number of fused-ring (bicyclic) bond motifs is 1. The summed E-state index contributed by atoms with van der Waals surface area (Å²) in [6, 6.07) is 7.00. The number of amides is 1. The molecular formula is C16H13N3O3S. The van der Waals surface area contributed by atoms with Crippen molar-refractivity contribution in [2.24, 2.45) is 0 Å². The summed E-state index contributed by atoms with van der Waals surface area (Å²) in [5, 5.41) is 14.5. The number of hydrogen-bond donors (Lipinski definition) is 1. The first-order valence-electron chi connectivity index (χ1n) is 6.90. The molecule has 0 radical (unpaired) electrons. The summed E-state index contributed by atoms with van der Waals surface area (Å²) in [5.41, 5.74) is 1.13. The molecule has 3 rings (SSSR count). The van der Waals surface area contributed by atoms with Crippen LogP contribution < -0.4 is 14.8 Å². The molecule has 6 nitrogen and oxygen atoms in total. The molecule has 1 aromatic heterocycles. The molecule has 0 spiro atoms. The Labute approximate surface area is 137 Å². The highest BCUT2D eigenvalue weighted by molar-refractivity contribution is 7.09. The first kappa shape index (κ1) is 15.1. The topological polar surface area (TPSA) is 84.2 Å². The van der Waals surface area contributed by atoms with E-state index < -0.39 is 5.91 Å². The van der Waals surface area contributed by atoms with Crippen LogP contribution in [0.15, 0.2) is 29.2 Å². The number of hydrogen-bond acceptors (Lipinski definition) is 6. The predicted molar refractivity (Wildman–Crippen MR) is 86.5 cm³/mol. The van der Waals surface area contributed by atoms with Crippen LogP contribution in [0.1, 0.15) is 10.7 Å². The number of benzene rings is 1. The molecule has 1 aromatic carbocycles. The third kappa shape index (κ3) is 3.49. The van der Waals surface area contributed by atoms with Gasteiger partial charge in [-0.3, -0.25) is 4.79 Å². The second kappa shape index (κ2) is 6.50. The normalized spacial score (nSPS) is 13.3. The summed E-state index contributed by atoms with van der Waals surface area (Å²) < 4.78 is 10.9. The number of thiazole rings is 1. The molecule has 1 N–H and O–H groups in total. The van der Waals surface area contributed by atoms with Gasteiger partial charge in [-0.1, -0.05) is 0 Å². The number of rotatable bonds is 3. The molecular weight excluding hydrogens is 314 g/mol. The summed E-state index contributed by atoms with van der Waals surface area (Å²) in [7, 11) is 0. The number of anilines is 1. The van der Waals surface area contributed by atoms with Crippen molar-refractivity contribution >= 4 is 29.0 Å². The van der Waals surface area contributed by atoms with Crippen molar-refractivity contribution in [1.82, 2.24) is 4.98 Å². The van der Waals surface area contributed by atoms with Gasteiger partial charge in [0.15, 0.2) is 11.5 Å². The lowest BCUT2D eigenvalue weighted by Crippen LogP contribution is -2.17. The Balaban J connectivity index is 1.77. The summed E-state index contributed by atoms with van der Waals surface area (Å²) in [6.07, 6.45) is 1.47. The van der Waals surface area contributed by atoms with Crippen LogP contribution in [0.5, 0.6) is 11.5 Å². The van der Waals surface area contributed by atoms with Crippen molar-refractivity contribution in [3.63, 3.8) is 0 Å². The number of aryl methyl sites for hydroxylation is 1. The molecule has 0 saturated carbocycles. The highest BCUT2D eigenvalue weighted by Gasteiger charge is 2.15. The molecule has 23 heavy (non-hydrogen) atoms. The Morgan fingerprint density at radius 3 is 2.87 bits per heavy atom. The quantitative estimate of drug-likeness (QED) is 0.692. The molecule has 0 atom stereocenters. The zero-order valence-electron chi connectivity index (χ0n) is 12.3. The number of nitriles is 1. The van der Waals surface area contributed by atoms with Gasteiger partial charge >= 0.3 is 0 Å². The average molecular weight is 327 g/mol. The van der Waals surface area contributed by atoms with E-state index in [0.29, 0.717) is 36.1 Å². The van der Waals surface area contributed by atoms with Crippen LogP contribution in [-0.2, 0) is 4.79 Å². The fourth-order valence-corrected chi connectivity index (χ4v) is 2.63. The molecule has 116 valence electrons. The molecule has 0 bridgehead atoms. The maximum atomic E-state index is 12.2. The second-order valence-corrected chi connectivity index (χ2v) is 5.84. The van der Waals surface area contributed by atoms with Crippen molar-refractivity contribution in [1.29, 1.82) is 5.26 Å². The van der Waals surface area contributed by atoms with E-state index in [4.69, 9.17) is 9.47 Å². The molecule has 7 heteroatoms. The Hall–Kier alpha value is -2.85. The largest absolute Gasteiger partial charge is 0.486 e. The van der Waals surface area contributed by atoms with Gasteiger partial charge in [0, 0.05) is 17.1 Å². The zero-order valence-corrected chi connectivity index (χ0v) is 13.1. The summed E-state index contributed by atoms with van der Waals surface area (Å²) in [5.74, 6) is 0.727. The van der Waals surface area contributed by atoms with E-state index in [9.17, 15) is 10.1 Å². The van der Waals surface area contributed by atoms with E-state index in [0.717, 1.165) is 5.01 Å². The number of nitrogens with zero attached hydrogens (tertiary/aromatic N) is 2.